The monoisotopic (exact) mass is 576 g/mol. The summed E-state index contributed by atoms with van der Waals surface area (Å²) < 4.78 is 0. The summed E-state index contributed by atoms with van der Waals surface area (Å²) in [6.45, 7) is 5.50. The number of carbonyl (C=O) groups excluding carboxylic acids is 8. The largest absolute Gasteiger partial charge is 0.294 e. The first kappa shape index (κ1) is 32.8. The molecule has 8 nitrogen and oxygen atoms in total. The van der Waals surface area contributed by atoms with E-state index in [1.165, 1.54) is 27.7 Å². The Bertz CT molecular complexity index is 1130. The molecule has 0 aliphatic heterocycles. The molecule has 224 valence electrons. The predicted octanol–water partition coefficient (Wildman–Crippen LogP) is 4.73. The molecule has 0 heterocycles. The molecule has 2 saturated carbocycles. The Labute approximate surface area is 246 Å². The van der Waals surface area contributed by atoms with Gasteiger partial charge in [-0.2, -0.15) is 0 Å². The lowest BCUT2D eigenvalue weighted by Crippen LogP contribution is -2.41. The van der Waals surface area contributed by atoms with Gasteiger partial charge < -0.3 is 0 Å². The molecule has 2 spiro atoms. The van der Waals surface area contributed by atoms with Crippen molar-refractivity contribution in [2.45, 2.75) is 91.9 Å². The molecule has 42 heavy (non-hydrogen) atoms. The molecule has 3 aliphatic carbocycles. The van der Waals surface area contributed by atoms with Gasteiger partial charge in [-0.1, -0.05) is 38.5 Å². The third-order valence-electron chi connectivity index (χ3n) is 9.31. The molecular formula is C34H40O8. The molecule has 0 aromatic rings. The Hall–Kier alpha value is -3.68. The average molecular weight is 577 g/mol. The topological polar surface area (TPSA) is 137 Å². The van der Waals surface area contributed by atoms with Gasteiger partial charge in [-0.05, 0) is 102 Å². The van der Waals surface area contributed by atoms with Crippen LogP contribution in [0.2, 0.25) is 0 Å². The molecule has 0 N–H and O–H groups in total. The Morgan fingerprint density at radius 3 is 0.738 bits per heavy atom. The highest BCUT2D eigenvalue weighted by atomic mass is 16.2. The van der Waals surface area contributed by atoms with E-state index in [1.54, 1.807) is 0 Å². The number of ketones is 8. The second kappa shape index (κ2) is 12.7. The molecule has 0 saturated heterocycles. The Balaban J connectivity index is 2.10. The van der Waals surface area contributed by atoms with Gasteiger partial charge in [-0.15, -0.1) is 0 Å². The lowest BCUT2D eigenvalue weighted by Gasteiger charge is -2.33. The van der Waals surface area contributed by atoms with E-state index in [1.807, 2.05) is 0 Å². The van der Waals surface area contributed by atoms with Crippen LogP contribution in [0.5, 0.6) is 0 Å². The zero-order valence-electron chi connectivity index (χ0n) is 25.0. The standard InChI is InChI=1S/C34H40O8/c1-31(2)23(35)11-15-27(39)33(19-7-5-8-20-33)29(41)17-13-25(37)32(3,4)26(38)14-18-30(42)34(21-9-6-10-22-34)28(40)16-12-24(31)36/h11-18H,5-10,19-22H2,1-4H3/b15-11-,16-12-,17-13-,18-14-. The van der Waals surface area contributed by atoms with Crippen molar-refractivity contribution in [2.24, 2.45) is 21.7 Å². The van der Waals surface area contributed by atoms with Gasteiger partial charge in [0.25, 0.3) is 0 Å². The average Bonchev–Trinajstić information content (AvgIpc) is 2.98. The van der Waals surface area contributed by atoms with Crippen molar-refractivity contribution in [3.8, 4) is 0 Å². The molecule has 0 radical (unpaired) electrons. The van der Waals surface area contributed by atoms with Gasteiger partial charge in [-0.25, -0.2) is 0 Å². The predicted molar refractivity (Wildman–Crippen MR) is 155 cm³/mol. The van der Waals surface area contributed by atoms with E-state index in [9.17, 15) is 38.4 Å². The fraction of sp³-hybridized carbons (Fsp3) is 0.529. The minimum atomic E-state index is -1.62. The van der Waals surface area contributed by atoms with Crippen molar-refractivity contribution in [3.05, 3.63) is 48.6 Å². The lowest BCUT2D eigenvalue weighted by molar-refractivity contribution is -0.138. The molecule has 3 aliphatic rings. The minimum absolute atomic E-state index is 0.240. The van der Waals surface area contributed by atoms with Crippen molar-refractivity contribution < 1.29 is 38.4 Å². The Kier molecular flexibility index (Phi) is 9.91. The summed E-state index contributed by atoms with van der Waals surface area (Å²) >= 11 is 0. The smallest absolute Gasteiger partial charge is 0.169 e. The van der Waals surface area contributed by atoms with Crippen LogP contribution in [0.15, 0.2) is 48.6 Å². The van der Waals surface area contributed by atoms with Gasteiger partial charge in [0.1, 0.15) is 0 Å². The van der Waals surface area contributed by atoms with Crippen LogP contribution in [-0.2, 0) is 38.4 Å². The molecule has 0 aromatic carbocycles. The van der Waals surface area contributed by atoms with Crippen LogP contribution in [0.25, 0.3) is 0 Å². The summed E-state index contributed by atoms with van der Waals surface area (Å²) in [5, 5.41) is 0. The maximum atomic E-state index is 13.4. The molecule has 0 unspecified atom stereocenters. The van der Waals surface area contributed by atoms with E-state index >= 15 is 0 Å². The molecular weight excluding hydrogens is 536 g/mol. The van der Waals surface area contributed by atoms with Gasteiger partial charge in [0.2, 0.25) is 0 Å². The second-order valence-electron chi connectivity index (χ2n) is 12.8. The Morgan fingerprint density at radius 1 is 0.333 bits per heavy atom. The lowest BCUT2D eigenvalue weighted by atomic mass is 9.67. The third-order valence-corrected chi connectivity index (χ3v) is 9.31. The molecule has 8 heteroatoms. The zero-order valence-corrected chi connectivity index (χ0v) is 25.0. The van der Waals surface area contributed by atoms with Crippen LogP contribution in [0, 0.1) is 21.7 Å². The molecule has 3 rings (SSSR count). The van der Waals surface area contributed by atoms with E-state index in [0.717, 1.165) is 61.4 Å². The summed E-state index contributed by atoms with van der Waals surface area (Å²) in [6.07, 6.45) is 13.1. The van der Waals surface area contributed by atoms with Crippen molar-refractivity contribution in [1.29, 1.82) is 0 Å². The van der Waals surface area contributed by atoms with Crippen LogP contribution < -0.4 is 0 Å². The van der Waals surface area contributed by atoms with Crippen LogP contribution in [-0.4, -0.2) is 46.3 Å². The highest BCUT2D eigenvalue weighted by Gasteiger charge is 2.46. The first-order chi connectivity index (χ1) is 19.6. The van der Waals surface area contributed by atoms with Crippen LogP contribution in [0.4, 0.5) is 0 Å². The maximum absolute atomic E-state index is 13.4. The molecule has 0 aromatic heterocycles. The summed E-state index contributed by atoms with van der Waals surface area (Å²) in [4.78, 5) is 106. The zero-order chi connectivity index (χ0) is 31.3. The first-order valence-electron chi connectivity index (χ1n) is 14.7. The van der Waals surface area contributed by atoms with Gasteiger partial charge in [0.15, 0.2) is 46.3 Å². The minimum Gasteiger partial charge on any atom is -0.294 e. The van der Waals surface area contributed by atoms with Crippen molar-refractivity contribution in [3.63, 3.8) is 0 Å². The van der Waals surface area contributed by atoms with Crippen LogP contribution >= 0.6 is 0 Å². The fourth-order valence-corrected chi connectivity index (χ4v) is 5.86. The summed E-state index contributed by atoms with van der Waals surface area (Å²) in [5.74, 6) is -5.05. The number of hydrogen-bond acceptors (Lipinski definition) is 8. The highest BCUT2D eigenvalue weighted by molar-refractivity contribution is 6.23. The van der Waals surface area contributed by atoms with Gasteiger partial charge in [-0.3, -0.25) is 38.4 Å². The van der Waals surface area contributed by atoms with Crippen LogP contribution in [0.3, 0.4) is 0 Å². The summed E-state index contributed by atoms with van der Waals surface area (Å²) in [7, 11) is 0. The second-order valence-corrected chi connectivity index (χ2v) is 12.8. The Morgan fingerprint density at radius 2 is 0.524 bits per heavy atom. The molecule has 0 bridgehead atoms. The van der Waals surface area contributed by atoms with E-state index in [4.69, 9.17) is 0 Å². The van der Waals surface area contributed by atoms with E-state index in [-0.39, 0.29) is 25.7 Å². The number of hydrogen-bond donors (Lipinski definition) is 0. The van der Waals surface area contributed by atoms with Crippen molar-refractivity contribution >= 4 is 46.3 Å². The van der Waals surface area contributed by atoms with Crippen molar-refractivity contribution in [2.75, 3.05) is 0 Å². The van der Waals surface area contributed by atoms with E-state index < -0.39 is 67.9 Å². The quantitative estimate of drug-likeness (QED) is 0.378. The third kappa shape index (κ3) is 6.37. The normalized spacial score (nSPS) is 28.5. The number of rotatable bonds is 0. The number of allylic oxidation sites excluding steroid dienone is 8. The van der Waals surface area contributed by atoms with Gasteiger partial charge >= 0.3 is 0 Å². The molecule has 0 atom stereocenters. The first-order valence-corrected chi connectivity index (χ1v) is 14.7. The van der Waals surface area contributed by atoms with Crippen molar-refractivity contribution in [1.82, 2.24) is 0 Å². The fourth-order valence-electron chi connectivity index (χ4n) is 5.86. The van der Waals surface area contributed by atoms with Crippen LogP contribution in [0.1, 0.15) is 91.9 Å². The maximum Gasteiger partial charge on any atom is 0.169 e. The molecule has 2 fully saturated rings. The van der Waals surface area contributed by atoms with E-state index in [0.29, 0.717) is 25.7 Å². The highest BCUT2D eigenvalue weighted by Crippen LogP contribution is 2.40. The number of carbonyl (C=O) groups is 8. The summed E-state index contributed by atoms with van der Waals surface area (Å²) in [6, 6.07) is 0. The SMILES string of the molecule is CC1(C)C(=O)/C=C\C(=O)C2(CCCCC2)C(=O)/C=C\C(=O)C(C)(C)C(=O)/C=C\C(=O)C2(CCCCC2)C(=O)/C=C\C1=O. The van der Waals surface area contributed by atoms with E-state index in [2.05, 4.69) is 0 Å². The summed E-state index contributed by atoms with van der Waals surface area (Å²) in [5.41, 5.74) is -6.15. The molecule has 0 amide bonds. The van der Waals surface area contributed by atoms with Gasteiger partial charge in [0, 0.05) is 0 Å². The van der Waals surface area contributed by atoms with Gasteiger partial charge in [0.05, 0.1) is 21.7 Å².